The Morgan fingerprint density at radius 3 is 2.67 bits per heavy atom. The molecule has 0 atom stereocenters. The summed E-state index contributed by atoms with van der Waals surface area (Å²) >= 11 is 1.35. The van der Waals surface area contributed by atoms with E-state index in [9.17, 15) is 14.9 Å². The van der Waals surface area contributed by atoms with Crippen LogP contribution in [0.5, 0.6) is 0 Å². The van der Waals surface area contributed by atoms with Crippen LogP contribution in [0.4, 0.5) is 11.0 Å². The number of nitro groups is 1. The second kappa shape index (κ2) is 6.96. The van der Waals surface area contributed by atoms with Crippen LogP contribution in [0.2, 0.25) is 0 Å². The van der Waals surface area contributed by atoms with E-state index in [4.69, 9.17) is 4.42 Å². The summed E-state index contributed by atoms with van der Waals surface area (Å²) in [5.74, 6) is -1.13. The fourth-order valence-electron chi connectivity index (χ4n) is 2.53. The molecular weight excluding hydrogens is 368 g/mol. The maximum Gasteiger partial charge on any atom is 0.433 e. The number of nitrogens with zero attached hydrogens (tertiary/aromatic N) is 4. The summed E-state index contributed by atoms with van der Waals surface area (Å²) in [5, 5.41) is 11.3. The number of amides is 1. The van der Waals surface area contributed by atoms with Gasteiger partial charge in [0.05, 0.1) is 28.5 Å². The van der Waals surface area contributed by atoms with E-state index in [1.165, 1.54) is 22.3 Å². The first kappa shape index (κ1) is 16.9. The lowest BCUT2D eigenvalue weighted by atomic mass is 10.3. The Balaban J connectivity index is 1.74. The van der Waals surface area contributed by atoms with Crippen molar-refractivity contribution in [2.24, 2.45) is 0 Å². The molecule has 3 heterocycles. The molecule has 0 saturated heterocycles. The number of benzene rings is 1. The van der Waals surface area contributed by atoms with Crippen molar-refractivity contribution in [3.8, 4) is 0 Å². The highest BCUT2D eigenvalue weighted by atomic mass is 32.1. The van der Waals surface area contributed by atoms with Crippen molar-refractivity contribution in [2.75, 3.05) is 4.90 Å². The highest BCUT2D eigenvalue weighted by Crippen LogP contribution is 2.31. The zero-order valence-electron chi connectivity index (χ0n) is 13.8. The second-order valence-electron chi connectivity index (χ2n) is 5.57. The molecule has 0 spiro atoms. The molecule has 27 heavy (non-hydrogen) atoms. The first-order valence-corrected chi connectivity index (χ1v) is 8.75. The van der Waals surface area contributed by atoms with E-state index in [0.717, 1.165) is 16.3 Å². The molecule has 0 aliphatic heterocycles. The van der Waals surface area contributed by atoms with Crippen LogP contribution in [-0.2, 0) is 6.54 Å². The van der Waals surface area contributed by atoms with E-state index in [1.807, 2.05) is 30.3 Å². The van der Waals surface area contributed by atoms with Gasteiger partial charge in [0.15, 0.2) is 10.9 Å². The number of para-hydroxylation sites is 1. The topological polar surface area (TPSA) is 102 Å². The quantitative estimate of drug-likeness (QED) is 0.382. The average molecular weight is 380 g/mol. The molecule has 0 radical (unpaired) electrons. The summed E-state index contributed by atoms with van der Waals surface area (Å²) in [6, 6.07) is 15.4. The van der Waals surface area contributed by atoms with Gasteiger partial charge in [0, 0.05) is 6.20 Å². The van der Waals surface area contributed by atoms with Crippen LogP contribution in [0.15, 0.2) is 65.2 Å². The number of furan rings is 1. The van der Waals surface area contributed by atoms with Gasteiger partial charge >= 0.3 is 5.88 Å². The first-order chi connectivity index (χ1) is 13.1. The van der Waals surface area contributed by atoms with Crippen LogP contribution in [0, 0.1) is 10.1 Å². The predicted molar refractivity (Wildman–Crippen MR) is 99.7 cm³/mol. The molecule has 0 N–H and O–H groups in total. The van der Waals surface area contributed by atoms with Crippen LogP contribution >= 0.6 is 11.3 Å². The Hall–Kier alpha value is -3.59. The number of hydrogen-bond donors (Lipinski definition) is 0. The number of carbonyl (C=O) groups excluding carboxylic acids is 1. The zero-order chi connectivity index (χ0) is 18.8. The van der Waals surface area contributed by atoms with E-state index in [0.29, 0.717) is 10.8 Å². The molecule has 9 heteroatoms. The van der Waals surface area contributed by atoms with Crippen molar-refractivity contribution >= 4 is 38.5 Å². The normalized spacial score (nSPS) is 10.8. The summed E-state index contributed by atoms with van der Waals surface area (Å²) in [7, 11) is 0. The lowest BCUT2D eigenvalue weighted by Gasteiger charge is -2.18. The molecule has 0 fully saturated rings. The minimum absolute atomic E-state index is 0.128. The van der Waals surface area contributed by atoms with Crippen LogP contribution < -0.4 is 4.90 Å². The van der Waals surface area contributed by atoms with Gasteiger partial charge in [-0.1, -0.05) is 29.5 Å². The molecule has 0 unspecified atom stereocenters. The molecular formula is C18H12N4O4S. The molecule has 134 valence electrons. The Kier molecular flexibility index (Phi) is 4.35. The third kappa shape index (κ3) is 3.40. The number of rotatable bonds is 5. The summed E-state index contributed by atoms with van der Waals surface area (Å²) in [6.07, 6.45) is 1.63. The van der Waals surface area contributed by atoms with E-state index in [1.54, 1.807) is 18.3 Å². The Labute approximate surface area is 156 Å². The Morgan fingerprint density at radius 1 is 1.15 bits per heavy atom. The van der Waals surface area contributed by atoms with Gasteiger partial charge in [0.25, 0.3) is 5.91 Å². The highest BCUT2D eigenvalue weighted by molar-refractivity contribution is 7.22. The number of thiazole rings is 1. The number of hydrogen-bond acceptors (Lipinski definition) is 7. The largest absolute Gasteiger partial charge is 0.433 e. The predicted octanol–water partition coefficient (Wildman–Crippen LogP) is 4.04. The second-order valence-corrected chi connectivity index (χ2v) is 6.58. The van der Waals surface area contributed by atoms with Crippen LogP contribution in [0.25, 0.3) is 10.2 Å². The van der Waals surface area contributed by atoms with Gasteiger partial charge in [-0.15, -0.1) is 0 Å². The fraction of sp³-hybridized carbons (Fsp3) is 0.0556. The summed E-state index contributed by atoms with van der Waals surface area (Å²) in [4.78, 5) is 33.4. The molecule has 4 aromatic rings. The van der Waals surface area contributed by atoms with Crippen molar-refractivity contribution in [1.29, 1.82) is 0 Å². The minimum Gasteiger partial charge on any atom is -0.395 e. The maximum absolute atomic E-state index is 13.0. The van der Waals surface area contributed by atoms with Gasteiger partial charge in [-0.05, 0) is 30.3 Å². The zero-order valence-corrected chi connectivity index (χ0v) is 14.6. The number of pyridine rings is 1. The molecule has 0 aliphatic carbocycles. The molecule has 0 aliphatic rings. The van der Waals surface area contributed by atoms with E-state index >= 15 is 0 Å². The number of aromatic nitrogens is 2. The van der Waals surface area contributed by atoms with Crippen LogP contribution in [-0.4, -0.2) is 20.8 Å². The van der Waals surface area contributed by atoms with Crippen molar-refractivity contribution in [1.82, 2.24) is 9.97 Å². The minimum atomic E-state index is -0.683. The molecule has 0 saturated carbocycles. The SMILES string of the molecule is O=C(c1ccc([N+](=O)[O-])o1)N(Cc1ccccn1)c1nc2ccccc2s1. The highest BCUT2D eigenvalue weighted by Gasteiger charge is 2.26. The molecule has 0 bridgehead atoms. The maximum atomic E-state index is 13.0. The van der Waals surface area contributed by atoms with Gasteiger partial charge in [0.1, 0.15) is 4.92 Å². The lowest BCUT2D eigenvalue weighted by molar-refractivity contribution is -0.402. The van der Waals surface area contributed by atoms with Gasteiger partial charge in [-0.3, -0.25) is 24.8 Å². The number of carbonyl (C=O) groups is 1. The van der Waals surface area contributed by atoms with Crippen molar-refractivity contribution in [3.05, 3.63) is 82.4 Å². The first-order valence-electron chi connectivity index (χ1n) is 7.93. The van der Waals surface area contributed by atoms with Gasteiger partial charge in [0.2, 0.25) is 0 Å². The lowest BCUT2D eigenvalue weighted by Crippen LogP contribution is -2.30. The third-order valence-electron chi connectivity index (χ3n) is 3.79. The molecule has 3 aromatic heterocycles. The van der Waals surface area contributed by atoms with E-state index in [-0.39, 0.29) is 12.3 Å². The molecule has 1 aromatic carbocycles. The number of fused-ring (bicyclic) bond motifs is 1. The smallest absolute Gasteiger partial charge is 0.395 e. The van der Waals surface area contributed by atoms with Crippen molar-refractivity contribution in [2.45, 2.75) is 6.54 Å². The number of anilines is 1. The molecule has 4 rings (SSSR count). The fourth-order valence-corrected chi connectivity index (χ4v) is 3.49. The van der Waals surface area contributed by atoms with Gasteiger partial charge < -0.3 is 4.42 Å². The molecule has 1 amide bonds. The van der Waals surface area contributed by atoms with Gasteiger partial charge in [-0.25, -0.2) is 4.98 Å². The van der Waals surface area contributed by atoms with Gasteiger partial charge in [-0.2, -0.15) is 0 Å². The van der Waals surface area contributed by atoms with E-state index < -0.39 is 16.7 Å². The van der Waals surface area contributed by atoms with Crippen LogP contribution in [0.1, 0.15) is 16.2 Å². The standard InChI is InChI=1S/C18H12N4O4S/c23-17(14-8-9-16(26-14)22(24)25)21(11-12-5-3-4-10-19-12)18-20-13-6-1-2-7-15(13)27-18/h1-10H,11H2. The van der Waals surface area contributed by atoms with Crippen molar-refractivity contribution in [3.63, 3.8) is 0 Å². The molecule has 8 nitrogen and oxygen atoms in total. The third-order valence-corrected chi connectivity index (χ3v) is 4.85. The van der Waals surface area contributed by atoms with Crippen molar-refractivity contribution < 1.29 is 14.1 Å². The van der Waals surface area contributed by atoms with Crippen LogP contribution in [0.3, 0.4) is 0 Å². The Bertz CT molecular complexity index is 1090. The summed E-state index contributed by atoms with van der Waals surface area (Å²) in [5.41, 5.74) is 1.42. The van der Waals surface area contributed by atoms with E-state index in [2.05, 4.69) is 9.97 Å². The monoisotopic (exact) mass is 380 g/mol. The summed E-state index contributed by atoms with van der Waals surface area (Å²) < 4.78 is 6.01. The summed E-state index contributed by atoms with van der Waals surface area (Å²) in [6.45, 7) is 0.161. The average Bonchev–Trinajstić information content (AvgIpc) is 3.33. The Morgan fingerprint density at radius 2 is 1.96 bits per heavy atom.